The van der Waals surface area contributed by atoms with Crippen molar-refractivity contribution >= 4 is 18.2 Å². The van der Waals surface area contributed by atoms with Crippen molar-refractivity contribution in [3.63, 3.8) is 0 Å². The van der Waals surface area contributed by atoms with E-state index in [2.05, 4.69) is 6.58 Å². The van der Waals surface area contributed by atoms with Crippen molar-refractivity contribution in [3.8, 4) is 28.7 Å². The molecular formula is C23H23ClO7. The highest BCUT2D eigenvalue weighted by molar-refractivity contribution is 6.06. The molecule has 0 aromatic heterocycles. The smallest absolute Gasteiger partial charge is 0.178 e. The highest BCUT2D eigenvalue weighted by Crippen LogP contribution is 2.49. The third kappa shape index (κ3) is 3.20. The van der Waals surface area contributed by atoms with Gasteiger partial charge in [0.1, 0.15) is 36.1 Å². The van der Waals surface area contributed by atoms with Gasteiger partial charge in [-0.15, -0.1) is 12.4 Å². The van der Waals surface area contributed by atoms with Crippen LogP contribution in [0, 0.1) is 0 Å². The maximum absolute atomic E-state index is 13.5. The highest BCUT2D eigenvalue weighted by Gasteiger charge is 2.45. The molecule has 0 saturated heterocycles. The average Bonchev–Trinajstić information content (AvgIpc) is 3.22. The molecule has 2 aromatic rings. The predicted octanol–water partition coefficient (Wildman–Crippen LogP) is 3.10. The first-order valence-electron chi connectivity index (χ1n) is 9.76. The summed E-state index contributed by atoms with van der Waals surface area (Å²) in [5.74, 6) is 2.35. The second kappa shape index (κ2) is 7.98. The lowest BCUT2D eigenvalue weighted by atomic mass is 9.81. The van der Waals surface area contributed by atoms with Crippen molar-refractivity contribution in [2.45, 2.75) is 24.5 Å². The minimum absolute atomic E-state index is 0. The van der Waals surface area contributed by atoms with Gasteiger partial charge in [-0.05, 0) is 23.8 Å². The average molecular weight is 447 g/mol. The summed E-state index contributed by atoms with van der Waals surface area (Å²) in [7, 11) is 3.11. The second-order valence-corrected chi connectivity index (χ2v) is 7.60. The van der Waals surface area contributed by atoms with Crippen LogP contribution in [0.1, 0.15) is 27.4 Å². The molecule has 0 saturated carbocycles. The Kier molecular flexibility index (Phi) is 5.49. The zero-order valence-corrected chi connectivity index (χ0v) is 18.0. The van der Waals surface area contributed by atoms with Gasteiger partial charge in [-0.1, -0.05) is 6.58 Å². The van der Waals surface area contributed by atoms with Gasteiger partial charge in [-0.25, -0.2) is 0 Å². The Labute approximate surface area is 185 Å². The molecule has 2 aromatic carbocycles. The molecule has 1 N–H and O–H groups in total. The number of Topliss-reactive ketones (excluding diaryl/α,β-unsaturated/α-hetero) is 1. The third-order valence-electron chi connectivity index (χ3n) is 5.98. The maximum atomic E-state index is 13.5. The second-order valence-electron chi connectivity index (χ2n) is 7.60. The molecule has 0 radical (unpaired) electrons. The summed E-state index contributed by atoms with van der Waals surface area (Å²) in [6.45, 7) is 3.96. The Bertz CT molecular complexity index is 1060. The zero-order valence-electron chi connectivity index (χ0n) is 17.2. The van der Waals surface area contributed by atoms with E-state index in [0.717, 1.165) is 11.1 Å². The SMILES string of the molecule is C=C(CO)[C@H]1Cc2c(ccc3c2O[C@@H]2COc4cc(OC)c(OC)cc4[C@@H]2C3=O)O1.Cl. The van der Waals surface area contributed by atoms with E-state index in [1.165, 1.54) is 0 Å². The summed E-state index contributed by atoms with van der Waals surface area (Å²) < 4.78 is 28.9. The molecule has 8 heteroatoms. The van der Waals surface area contributed by atoms with Gasteiger partial charge in [0.2, 0.25) is 0 Å². The van der Waals surface area contributed by atoms with Gasteiger partial charge in [0.05, 0.1) is 32.3 Å². The van der Waals surface area contributed by atoms with Crippen LogP contribution in [0.5, 0.6) is 28.7 Å². The molecule has 3 aliphatic rings. The fourth-order valence-corrected chi connectivity index (χ4v) is 4.40. The van der Waals surface area contributed by atoms with Gasteiger partial charge in [-0.2, -0.15) is 0 Å². The van der Waals surface area contributed by atoms with Crippen molar-refractivity contribution in [1.82, 2.24) is 0 Å². The number of carbonyl (C=O) groups is 1. The van der Waals surface area contributed by atoms with Crippen LogP contribution >= 0.6 is 12.4 Å². The molecule has 0 unspecified atom stereocenters. The molecule has 0 spiro atoms. The standard InChI is InChI=1S/C23H22O7.ClH/c1-11(9-24)16-7-14-15(29-16)5-4-12-22(25)21-13-6-18(26-2)19(27-3)8-17(13)28-10-20(21)30-23(12)14;/h4-6,8,16,20-21,24H,1,7,9-10H2,2-3H3;1H/t16-,20-,21+;/m1./s1. The largest absolute Gasteiger partial charge is 0.493 e. The summed E-state index contributed by atoms with van der Waals surface area (Å²) >= 11 is 0. The molecule has 0 bridgehead atoms. The molecule has 7 nitrogen and oxygen atoms in total. The maximum Gasteiger partial charge on any atom is 0.178 e. The van der Waals surface area contributed by atoms with Crippen LogP contribution in [0.15, 0.2) is 36.4 Å². The van der Waals surface area contributed by atoms with Crippen LogP contribution in [-0.4, -0.2) is 50.5 Å². The van der Waals surface area contributed by atoms with Crippen LogP contribution in [0.25, 0.3) is 0 Å². The van der Waals surface area contributed by atoms with Crippen molar-refractivity contribution in [2.75, 3.05) is 27.4 Å². The lowest BCUT2D eigenvalue weighted by molar-refractivity contribution is 0.0554. The number of rotatable bonds is 4. The number of methoxy groups -OCH3 is 2. The van der Waals surface area contributed by atoms with Crippen molar-refractivity contribution < 1.29 is 33.6 Å². The summed E-state index contributed by atoms with van der Waals surface area (Å²) in [5, 5.41) is 9.38. The Morgan fingerprint density at radius 1 is 1.16 bits per heavy atom. The van der Waals surface area contributed by atoms with Gasteiger partial charge < -0.3 is 28.8 Å². The van der Waals surface area contributed by atoms with Crippen LogP contribution in [0.4, 0.5) is 0 Å². The molecule has 5 rings (SSSR count). The van der Waals surface area contributed by atoms with Crippen LogP contribution in [-0.2, 0) is 6.42 Å². The molecule has 0 fully saturated rings. The molecule has 3 heterocycles. The minimum atomic E-state index is -0.496. The van der Waals surface area contributed by atoms with E-state index >= 15 is 0 Å². The Hall–Kier alpha value is -2.90. The summed E-state index contributed by atoms with van der Waals surface area (Å²) in [6, 6.07) is 7.06. The highest BCUT2D eigenvalue weighted by atomic mass is 35.5. The van der Waals surface area contributed by atoms with Gasteiger partial charge >= 0.3 is 0 Å². The van der Waals surface area contributed by atoms with Crippen LogP contribution in [0.3, 0.4) is 0 Å². The Morgan fingerprint density at radius 2 is 1.90 bits per heavy atom. The molecule has 31 heavy (non-hydrogen) atoms. The predicted molar refractivity (Wildman–Crippen MR) is 115 cm³/mol. The molecule has 0 amide bonds. The summed E-state index contributed by atoms with van der Waals surface area (Å²) in [4.78, 5) is 13.5. The minimum Gasteiger partial charge on any atom is -0.493 e. The summed E-state index contributed by atoms with van der Waals surface area (Å²) in [6.07, 6.45) is -0.277. The van der Waals surface area contributed by atoms with Gasteiger partial charge in [0.25, 0.3) is 0 Å². The Morgan fingerprint density at radius 3 is 2.61 bits per heavy atom. The molecule has 3 aliphatic heterocycles. The Balaban J connectivity index is 0.00000231. The van der Waals surface area contributed by atoms with Crippen LogP contribution in [0.2, 0.25) is 0 Å². The number of benzene rings is 2. The normalized spacial score (nSPS) is 22.3. The van der Waals surface area contributed by atoms with E-state index in [1.54, 1.807) is 38.5 Å². The lowest BCUT2D eigenvalue weighted by Crippen LogP contribution is -2.43. The fourth-order valence-electron chi connectivity index (χ4n) is 4.40. The number of aliphatic hydroxyl groups excluding tert-OH is 1. The van der Waals surface area contributed by atoms with E-state index < -0.39 is 12.0 Å². The number of hydrogen-bond acceptors (Lipinski definition) is 7. The fraction of sp³-hybridized carbons (Fsp3) is 0.348. The molecule has 164 valence electrons. The van der Waals surface area contributed by atoms with Gasteiger partial charge in [-0.3, -0.25) is 4.79 Å². The van der Waals surface area contributed by atoms with E-state index in [0.29, 0.717) is 46.3 Å². The monoisotopic (exact) mass is 446 g/mol. The number of ether oxygens (including phenoxy) is 5. The molecule has 0 aliphatic carbocycles. The van der Waals surface area contributed by atoms with Crippen molar-refractivity contribution in [1.29, 1.82) is 0 Å². The third-order valence-corrected chi connectivity index (χ3v) is 5.98. The number of hydrogen-bond donors (Lipinski definition) is 1. The van der Waals surface area contributed by atoms with E-state index in [1.807, 2.05) is 0 Å². The number of aliphatic hydroxyl groups is 1. The van der Waals surface area contributed by atoms with E-state index in [9.17, 15) is 9.90 Å². The van der Waals surface area contributed by atoms with Gasteiger partial charge in [0.15, 0.2) is 17.3 Å². The first-order chi connectivity index (χ1) is 14.5. The first-order valence-corrected chi connectivity index (χ1v) is 9.76. The van der Waals surface area contributed by atoms with Crippen molar-refractivity contribution in [3.05, 3.63) is 53.1 Å². The van der Waals surface area contributed by atoms with Crippen molar-refractivity contribution in [2.24, 2.45) is 0 Å². The van der Waals surface area contributed by atoms with Gasteiger partial charge in [0, 0.05) is 23.6 Å². The van der Waals surface area contributed by atoms with E-state index in [4.69, 9.17) is 23.7 Å². The quantitative estimate of drug-likeness (QED) is 0.722. The zero-order chi connectivity index (χ0) is 21.0. The first kappa shape index (κ1) is 21.3. The topological polar surface area (TPSA) is 83.5 Å². The van der Waals surface area contributed by atoms with E-state index in [-0.39, 0.29) is 37.5 Å². The molecular weight excluding hydrogens is 424 g/mol. The number of halogens is 1. The summed E-state index contributed by atoms with van der Waals surface area (Å²) in [5.41, 5.74) is 2.67. The van der Waals surface area contributed by atoms with Crippen LogP contribution < -0.4 is 23.7 Å². The molecule has 3 atom stereocenters. The number of carbonyl (C=O) groups excluding carboxylic acids is 1. The lowest BCUT2D eigenvalue weighted by Gasteiger charge is -2.37. The number of fused-ring (bicyclic) bond motifs is 6. The number of ketones is 1.